The van der Waals surface area contributed by atoms with Gasteiger partial charge < -0.3 is 21.5 Å². The predicted octanol–water partition coefficient (Wildman–Crippen LogP) is 2.98. The van der Waals surface area contributed by atoms with E-state index in [-0.39, 0.29) is 22.2 Å². The number of sulfone groups is 1. The van der Waals surface area contributed by atoms with Crippen LogP contribution in [-0.4, -0.2) is 43.0 Å². The van der Waals surface area contributed by atoms with Gasteiger partial charge in [0.25, 0.3) is 5.91 Å². The first kappa shape index (κ1) is 24.0. The van der Waals surface area contributed by atoms with Gasteiger partial charge in [-0.3, -0.25) is 4.79 Å². The fourth-order valence-corrected chi connectivity index (χ4v) is 5.68. The first-order chi connectivity index (χ1) is 14.9. The van der Waals surface area contributed by atoms with Crippen molar-refractivity contribution < 1.29 is 22.7 Å². The number of nitrogens with two attached hydrogens (primary N) is 2. The van der Waals surface area contributed by atoms with Gasteiger partial charge in [0.1, 0.15) is 5.82 Å². The summed E-state index contributed by atoms with van der Waals surface area (Å²) >= 11 is 0. The van der Waals surface area contributed by atoms with Crippen molar-refractivity contribution in [3.63, 3.8) is 0 Å². The van der Waals surface area contributed by atoms with Crippen LogP contribution >= 0.6 is 0 Å². The number of carbonyl (C=O) groups excluding carboxylic acids is 1. The maximum absolute atomic E-state index is 13.5. The second-order valence-corrected chi connectivity index (χ2v) is 10.9. The Balaban J connectivity index is 1.68. The quantitative estimate of drug-likeness (QED) is 0.447. The lowest BCUT2D eigenvalue weighted by Gasteiger charge is -2.39. The molecule has 0 unspecified atom stereocenters. The maximum atomic E-state index is 13.5. The number of hydrogen-bond donors (Lipinski definition) is 3. The second-order valence-electron chi connectivity index (χ2n) is 8.94. The number of amides is 1. The van der Waals surface area contributed by atoms with E-state index in [1.54, 1.807) is 29.2 Å². The molecule has 1 heterocycles. The predicted molar refractivity (Wildman–Crippen MR) is 122 cm³/mol. The summed E-state index contributed by atoms with van der Waals surface area (Å²) in [6.07, 6.45) is 1.79. The van der Waals surface area contributed by atoms with Crippen LogP contribution in [0, 0.1) is 11.7 Å². The van der Waals surface area contributed by atoms with E-state index in [0.29, 0.717) is 49.4 Å². The van der Waals surface area contributed by atoms with Gasteiger partial charge in [-0.15, -0.1) is 0 Å². The molecule has 0 aliphatic carbocycles. The number of aliphatic hydroxyl groups is 1. The van der Waals surface area contributed by atoms with Crippen LogP contribution in [0.5, 0.6) is 0 Å². The van der Waals surface area contributed by atoms with Crippen LogP contribution < -0.4 is 11.5 Å². The molecule has 174 valence electrons. The van der Waals surface area contributed by atoms with E-state index in [1.165, 1.54) is 0 Å². The largest absolute Gasteiger partial charge is 0.396 e. The SMILES string of the molecule is CC(C)CC1(O)CCN(C(=O)c2ccc(CS(=O)(=O)c3ccc(F)c(N)c3N)cc2)CC1. The maximum Gasteiger partial charge on any atom is 0.253 e. The van der Waals surface area contributed by atoms with E-state index in [0.717, 1.165) is 12.1 Å². The number of likely N-dealkylation sites (tertiary alicyclic amines) is 1. The van der Waals surface area contributed by atoms with Gasteiger partial charge in [-0.05, 0) is 55.0 Å². The van der Waals surface area contributed by atoms with Gasteiger partial charge in [0.15, 0.2) is 9.84 Å². The Hall–Kier alpha value is -2.65. The van der Waals surface area contributed by atoms with Crippen molar-refractivity contribution in [1.29, 1.82) is 0 Å². The molecule has 32 heavy (non-hydrogen) atoms. The third kappa shape index (κ3) is 5.21. The fraction of sp³-hybridized carbons (Fsp3) is 0.435. The minimum absolute atomic E-state index is 0.151. The van der Waals surface area contributed by atoms with Crippen LogP contribution in [0.25, 0.3) is 0 Å². The Kier molecular flexibility index (Phi) is 6.80. The number of hydrogen-bond acceptors (Lipinski definition) is 6. The fourth-order valence-electron chi connectivity index (χ4n) is 4.17. The minimum Gasteiger partial charge on any atom is -0.396 e. The zero-order valence-corrected chi connectivity index (χ0v) is 19.2. The van der Waals surface area contributed by atoms with Crippen molar-refractivity contribution in [3.8, 4) is 0 Å². The summed E-state index contributed by atoms with van der Waals surface area (Å²) in [7, 11) is -3.85. The number of nitrogens with zero attached hydrogens (tertiary/aromatic N) is 1. The van der Waals surface area contributed by atoms with E-state index < -0.39 is 26.9 Å². The standard InChI is InChI=1S/C23H30FN3O4S/c1-15(2)13-23(29)9-11-27(12-10-23)22(28)17-5-3-16(4-6-17)14-32(30,31)19-8-7-18(24)20(25)21(19)26/h3-8,15,29H,9-14,25-26H2,1-2H3. The van der Waals surface area contributed by atoms with Gasteiger partial charge in [0.2, 0.25) is 0 Å². The van der Waals surface area contributed by atoms with E-state index in [4.69, 9.17) is 11.5 Å². The highest BCUT2D eigenvalue weighted by Gasteiger charge is 2.34. The summed E-state index contributed by atoms with van der Waals surface area (Å²) in [6.45, 7) is 5.08. The number of anilines is 2. The molecule has 9 heteroatoms. The van der Waals surface area contributed by atoms with Crippen molar-refractivity contribution >= 4 is 27.1 Å². The van der Waals surface area contributed by atoms with Crippen LogP contribution in [0.2, 0.25) is 0 Å². The van der Waals surface area contributed by atoms with Crippen molar-refractivity contribution in [2.24, 2.45) is 5.92 Å². The Morgan fingerprint density at radius 2 is 1.69 bits per heavy atom. The summed E-state index contributed by atoms with van der Waals surface area (Å²) in [5, 5.41) is 10.7. The Bertz CT molecular complexity index is 1090. The molecule has 0 atom stereocenters. The highest BCUT2D eigenvalue weighted by Crippen LogP contribution is 2.31. The average Bonchev–Trinajstić information content (AvgIpc) is 2.71. The monoisotopic (exact) mass is 463 g/mol. The Labute approximate surface area is 188 Å². The van der Waals surface area contributed by atoms with Crippen LogP contribution in [-0.2, 0) is 15.6 Å². The second kappa shape index (κ2) is 9.07. The van der Waals surface area contributed by atoms with Crippen molar-refractivity contribution in [2.45, 2.75) is 49.4 Å². The smallest absolute Gasteiger partial charge is 0.253 e. The average molecular weight is 464 g/mol. The van der Waals surface area contributed by atoms with E-state index in [9.17, 15) is 22.7 Å². The summed E-state index contributed by atoms with van der Waals surface area (Å²) in [6, 6.07) is 8.40. The first-order valence-electron chi connectivity index (χ1n) is 10.6. The third-order valence-electron chi connectivity index (χ3n) is 5.86. The molecule has 1 fully saturated rings. The summed E-state index contributed by atoms with van der Waals surface area (Å²) in [5.74, 6) is -0.901. The number of carbonyl (C=O) groups is 1. The van der Waals surface area contributed by atoms with Gasteiger partial charge in [-0.25, -0.2) is 12.8 Å². The van der Waals surface area contributed by atoms with Crippen LogP contribution in [0.4, 0.5) is 15.8 Å². The van der Waals surface area contributed by atoms with Crippen molar-refractivity contribution in [3.05, 3.63) is 53.3 Å². The lowest BCUT2D eigenvalue weighted by Crippen LogP contribution is -2.47. The zero-order chi connectivity index (χ0) is 23.7. The topological polar surface area (TPSA) is 127 Å². The van der Waals surface area contributed by atoms with Crippen LogP contribution in [0.1, 0.15) is 49.0 Å². The molecule has 1 saturated heterocycles. The van der Waals surface area contributed by atoms with Crippen LogP contribution in [0.3, 0.4) is 0 Å². The third-order valence-corrected chi connectivity index (χ3v) is 7.60. The summed E-state index contributed by atoms with van der Waals surface area (Å²) in [4.78, 5) is 14.3. The highest BCUT2D eigenvalue weighted by atomic mass is 32.2. The van der Waals surface area contributed by atoms with Crippen molar-refractivity contribution in [2.75, 3.05) is 24.6 Å². The lowest BCUT2D eigenvalue weighted by molar-refractivity contribution is -0.0311. The number of halogens is 1. The molecule has 0 radical (unpaired) electrons. The number of rotatable bonds is 6. The van der Waals surface area contributed by atoms with Gasteiger partial charge in [0.05, 0.1) is 27.6 Å². The number of nitrogen functional groups attached to an aromatic ring is 2. The van der Waals surface area contributed by atoms with E-state index in [1.807, 2.05) is 0 Å². The number of piperidine rings is 1. The molecule has 5 N–H and O–H groups in total. The molecule has 1 aliphatic rings. The molecule has 0 aromatic heterocycles. The molecule has 0 spiro atoms. The Morgan fingerprint density at radius 3 is 2.25 bits per heavy atom. The molecular formula is C23H30FN3O4S. The lowest BCUT2D eigenvalue weighted by atomic mass is 9.84. The molecule has 0 bridgehead atoms. The van der Waals surface area contributed by atoms with Gasteiger partial charge >= 0.3 is 0 Å². The molecular weight excluding hydrogens is 433 g/mol. The van der Waals surface area contributed by atoms with Gasteiger partial charge in [-0.1, -0.05) is 26.0 Å². The molecule has 0 saturated carbocycles. The summed E-state index contributed by atoms with van der Waals surface area (Å²) < 4.78 is 39.0. The molecule has 3 rings (SSSR count). The van der Waals surface area contributed by atoms with Crippen LogP contribution in [0.15, 0.2) is 41.3 Å². The highest BCUT2D eigenvalue weighted by molar-refractivity contribution is 7.90. The molecule has 7 nitrogen and oxygen atoms in total. The molecule has 1 amide bonds. The minimum atomic E-state index is -3.85. The first-order valence-corrected chi connectivity index (χ1v) is 12.2. The van der Waals surface area contributed by atoms with Gasteiger partial charge in [-0.2, -0.15) is 0 Å². The summed E-state index contributed by atoms with van der Waals surface area (Å²) in [5.41, 5.74) is 10.7. The van der Waals surface area contributed by atoms with Gasteiger partial charge in [0, 0.05) is 18.7 Å². The Morgan fingerprint density at radius 1 is 1.09 bits per heavy atom. The normalized spacial score (nSPS) is 16.3. The molecule has 1 aliphatic heterocycles. The number of benzene rings is 2. The van der Waals surface area contributed by atoms with E-state index in [2.05, 4.69) is 13.8 Å². The molecule has 2 aromatic carbocycles. The zero-order valence-electron chi connectivity index (χ0n) is 18.3. The van der Waals surface area contributed by atoms with Crippen molar-refractivity contribution in [1.82, 2.24) is 4.90 Å². The molecule has 2 aromatic rings. The van der Waals surface area contributed by atoms with E-state index >= 15 is 0 Å².